The van der Waals surface area contributed by atoms with Crippen LogP contribution in [0.15, 0.2) is 72.9 Å². The van der Waals surface area contributed by atoms with Crippen molar-refractivity contribution in [2.75, 3.05) is 40.9 Å². The number of nitrogens with one attached hydrogen (secondary N) is 1. The van der Waals surface area contributed by atoms with Gasteiger partial charge in [0.2, 0.25) is 5.91 Å². The maximum atomic E-state index is 12.9. The summed E-state index contributed by atoms with van der Waals surface area (Å²) in [4.78, 5) is 25.3. The molecule has 0 saturated carbocycles. The average molecular weight is 819 g/mol. The van der Waals surface area contributed by atoms with Gasteiger partial charge in [-0.1, -0.05) is 177 Å². The van der Waals surface area contributed by atoms with Gasteiger partial charge in [0.05, 0.1) is 39.9 Å². The Labute approximate surface area is 351 Å². The second kappa shape index (κ2) is 39.4. The standard InChI is InChI=1S/C48H87N2O6P/c1-6-8-10-12-14-16-18-19-20-21-22-23-24-25-26-27-28-29-30-31-32-34-36-38-40-42-48(52)49-46(45-56-57(53,54)55-44-43-50(3,4)5)47(51)41-39-37-35-33-17-15-13-11-9-7-2/h8,10,14,16,19-20,22-23,25-26,28-29,46-47,51H,6-7,9,11-13,15,17-18,21,24,27,30-45H2,1-5H3,(H-,49,52,53,54)/b10-8-,16-14-,20-19-,23-22-,26-25-,29-28-. The molecular weight excluding hydrogens is 732 g/mol. The molecule has 9 heteroatoms. The number of phosphoric ester groups is 1. The number of hydrogen-bond donors (Lipinski definition) is 2. The van der Waals surface area contributed by atoms with Gasteiger partial charge >= 0.3 is 0 Å². The Balaban J connectivity index is 4.29. The zero-order valence-electron chi connectivity index (χ0n) is 37.3. The number of quaternary nitrogens is 1. The zero-order chi connectivity index (χ0) is 42.1. The first-order valence-electron chi connectivity index (χ1n) is 22.8. The molecule has 0 aromatic rings. The van der Waals surface area contributed by atoms with Crippen molar-refractivity contribution in [2.24, 2.45) is 0 Å². The van der Waals surface area contributed by atoms with E-state index in [1.54, 1.807) is 0 Å². The SMILES string of the molecule is CC/C=C\C/C=C\C/C=C\C/C=C\C/C=C\C/C=C\CCCCCCCCC(=O)NC(COP(=O)([O-])OCC[N+](C)(C)C)C(O)CCCCCCCCCCCC. The molecule has 2 N–H and O–H groups in total. The minimum absolute atomic E-state index is 0.00493. The van der Waals surface area contributed by atoms with Crippen LogP contribution in [0.25, 0.3) is 0 Å². The van der Waals surface area contributed by atoms with Gasteiger partial charge in [-0.05, 0) is 64.2 Å². The number of carbonyl (C=O) groups is 1. The lowest BCUT2D eigenvalue weighted by atomic mass is 10.0. The number of rotatable bonds is 40. The zero-order valence-corrected chi connectivity index (χ0v) is 38.2. The molecule has 0 heterocycles. The summed E-state index contributed by atoms with van der Waals surface area (Å²) in [6.07, 6.45) is 51.9. The molecule has 0 aromatic heterocycles. The molecule has 0 spiro atoms. The summed E-state index contributed by atoms with van der Waals surface area (Å²) in [5, 5.41) is 13.9. The summed E-state index contributed by atoms with van der Waals surface area (Å²) in [5.41, 5.74) is 0. The lowest BCUT2D eigenvalue weighted by Crippen LogP contribution is -2.46. The highest BCUT2D eigenvalue weighted by molar-refractivity contribution is 7.45. The van der Waals surface area contributed by atoms with Crippen LogP contribution in [0.5, 0.6) is 0 Å². The van der Waals surface area contributed by atoms with E-state index in [0.717, 1.165) is 89.9 Å². The number of unbranched alkanes of at least 4 members (excludes halogenated alkanes) is 15. The van der Waals surface area contributed by atoms with Crippen LogP contribution in [-0.4, -0.2) is 68.5 Å². The number of amides is 1. The average Bonchev–Trinajstić information content (AvgIpc) is 3.16. The Bertz CT molecular complexity index is 1160. The molecular formula is C48H87N2O6P. The Hall–Kier alpha value is -2.06. The molecule has 3 unspecified atom stereocenters. The fourth-order valence-electron chi connectivity index (χ4n) is 6.10. The Morgan fingerprint density at radius 3 is 1.56 bits per heavy atom. The minimum atomic E-state index is -4.57. The first-order valence-corrected chi connectivity index (χ1v) is 24.2. The number of nitrogens with zero attached hydrogens (tertiary/aromatic N) is 1. The Morgan fingerprint density at radius 2 is 1.07 bits per heavy atom. The smallest absolute Gasteiger partial charge is 0.268 e. The maximum absolute atomic E-state index is 12.9. The van der Waals surface area contributed by atoms with Crippen molar-refractivity contribution in [1.82, 2.24) is 5.32 Å². The summed E-state index contributed by atoms with van der Waals surface area (Å²) in [5.74, 6) is -0.185. The second-order valence-electron chi connectivity index (χ2n) is 16.4. The van der Waals surface area contributed by atoms with Crippen molar-refractivity contribution in [3.05, 3.63) is 72.9 Å². The van der Waals surface area contributed by atoms with Gasteiger partial charge in [-0.15, -0.1) is 0 Å². The van der Waals surface area contributed by atoms with E-state index < -0.39 is 20.0 Å². The van der Waals surface area contributed by atoms with Crippen molar-refractivity contribution in [3.63, 3.8) is 0 Å². The van der Waals surface area contributed by atoms with Gasteiger partial charge in [0, 0.05) is 6.42 Å². The fourth-order valence-corrected chi connectivity index (χ4v) is 6.82. The maximum Gasteiger partial charge on any atom is 0.268 e. The number of carbonyl (C=O) groups excluding carboxylic acids is 1. The first-order chi connectivity index (χ1) is 27.5. The number of hydrogen-bond acceptors (Lipinski definition) is 6. The molecule has 330 valence electrons. The number of phosphoric acid groups is 1. The predicted molar refractivity (Wildman–Crippen MR) is 242 cm³/mol. The van der Waals surface area contributed by atoms with E-state index in [0.29, 0.717) is 23.9 Å². The molecule has 0 bridgehead atoms. The molecule has 0 radical (unpaired) electrons. The Kier molecular flexibility index (Phi) is 38.0. The summed E-state index contributed by atoms with van der Waals surface area (Å²) < 4.78 is 23.2. The van der Waals surface area contributed by atoms with Crippen molar-refractivity contribution in [2.45, 2.75) is 187 Å². The highest BCUT2D eigenvalue weighted by atomic mass is 31.2. The van der Waals surface area contributed by atoms with E-state index in [1.807, 2.05) is 21.1 Å². The minimum Gasteiger partial charge on any atom is -0.756 e. The third-order valence-electron chi connectivity index (χ3n) is 9.71. The molecule has 8 nitrogen and oxygen atoms in total. The van der Waals surface area contributed by atoms with E-state index in [-0.39, 0.29) is 19.1 Å². The van der Waals surface area contributed by atoms with Crippen LogP contribution < -0.4 is 10.2 Å². The van der Waals surface area contributed by atoms with Gasteiger partial charge in [0.15, 0.2) is 0 Å². The molecule has 0 aliphatic carbocycles. The Morgan fingerprint density at radius 1 is 0.632 bits per heavy atom. The van der Waals surface area contributed by atoms with Crippen LogP contribution in [0.3, 0.4) is 0 Å². The molecule has 0 aromatic carbocycles. The highest BCUT2D eigenvalue weighted by Crippen LogP contribution is 2.38. The third-order valence-corrected chi connectivity index (χ3v) is 10.7. The van der Waals surface area contributed by atoms with E-state index >= 15 is 0 Å². The van der Waals surface area contributed by atoms with Crippen LogP contribution in [0.4, 0.5) is 0 Å². The summed E-state index contributed by atoms with van der Waals surface area (Å²) >= 11 is 0. The van der Waals surface area contributed by atoms with E-state index in [9.17, 15) is 19.4 Å². The molecule has 0 aliphatic rings. The molecule has 0 rings (SSSR count). The molecule has 1 amide bonds. The van der Waals surface area contributed by atoms with E-state index in [1.165, 1.54) is 57.8 Å². The monoisotopic (exact) mass is 819 g/mol. The lowest BCUT2D eigenvalue weighted by molar-refractivity contribution is -0.870. The largest absolute Gasteiger partial charge is 0.756 e. The number of likely N-dealkylation sites (N-methyl/N-ethyl adjacent to an activating group) is 1. The normalized spacial score (nSPS) is 15.0. The fraction of sp³-hybridized carbons (Fsp3) is 0.729. The van der Waals surface area contributed by atoms with Crippen molar-refractivity contribution in [3.8, 4) is 0 Å². The van der Waals surface area contributed by atoms with Gasteiger partial charge in [-0.3, -0.25) is 9.36 Å². The number of aliphatic hydroxyl groups excluding tert-OH is 1. The van der Waals surface area contributed by atoms with Crippen LogP contribution >= 0.6 is 7.82 Å². The predicted octanol–water partition coefficient (Wildman–Crippen LogP) is 12.2. The molecule has 0 fully saturated rings. The van der Waals surface area contributed by atoms with Crippen molar-refractivity contribution < 1.29 is 32.9 Å². The van der Waals surface area contributed by atoms with E-state index in [4.69, 9.17) is 9.05 Å². The van der Waals surface area contributed by atoms with Gasteiger partial charge < -0.3 is 28.8 Å². The van der Waals surface area contributed by atoms with E-state index in [2.05, 4.69) is 92.1 Å². The summed E-state index contributed by atoms with van der Waals surface area (Å²) in [6.45, 7) is 4.55. The third kappa shape index (κ3) is 41.9. The summed E-state index contributed by atoms with van der Waals surface area (Å²) in [7, 11) is 1.28. The van der Waals surface area contributed by atoms with Crippen LogP contribution in [0.2, 0.25) is 0 Å². The van der Waals surface area contributed by atoms with Crippen LogP contribution in [-0.2, 0) is 18.4 Å². The summed E-state index contributed by atoms with van der Waals surface area (Å²) in [6, 6.07) is -0.811. The van der Waals surface area contributed by atoms with Crippen LogP contribution in [0.1, 0.15) is 174 Å². The topological polar surface area (TPSA) is 108 Å². The second-order valence-corrected chi connectivity index (χ2v) is 17.8. The highest BCUT2D eigenvalue weighted by Gasteiger charge is 2.24. The number of aliphatic hydroxyl groups is 1. The van der Waals surface area contributed by atoms with Crippen molar-refractivity contribution in [1.29, 1.82) is 0 Å². The number of allylic oxidation sites excluding steroid dienone is 12. The van der Waals surface area contributed by atoms with Gasteiger partial charge in [-0.25, -0.2) is 0 Å². The quantitative estimate of drug-likeness (QED) is 0.0276. The van der Waals surface area contributed by atoms with Gasteiger partial charge in [0.25, 0.3) is 7.82 Å². The molecule has 0 aliphatic heterocycles. The van der Waals surface area contributed by atoms with Gasteiger partial charge in [-0.2, -0.15) is 0 Å². The lowest BCUT2D eigenvalue weighted by Gasteiger charge is -2.30. The first kappa shape index (κ1) is 54.9. The molecule has 57 heavy (non-hydrogen) atoms. The van der Waals surface area contributed by atoms with Gasteiger partial charge in [0.1, 0.15) is 13.2 Å². The molecule has 3 atom stereocenters. The van der Waals surface area contributed by atoms with Crippen molar-refractivity contribution >= 4 is 13.7 Å². The molecule has 0 saturated heterocycles. The van der Waals surface area contributed by atoms with Crippen LogP contribution in [0, 0.1) is 0 Å².